The molecule has 6 aromatic rings. The van der Waals surface area contributed by atoms with E-state index in [1.165, 1.54) is 81.0 Å². The summed E-state index contributed by atoms with van der Waals surface area (Å²) >= 11 is 0. The van der Waals surface area contributed by atoms with Crippen molar-refractivity contribution in [1.82, 2.24) is 0 Å². The molecule has 7 heteroatoms. The maximum absolute atomic E-state index is 11.9. The molecule has 6 rings (SSSR count). The third-order valence-electron chi connectivity index (χ3n) is 18.6. The van der Waals surface area contributed by atoms with Crippen molar-refractivity contribution in [2.45, 2.75) is 210 Å². The molecule has 0 aromatic heterocycles. The Morgan fingerprint density at radius 2 is 0.802 bits per heavy atom. The summed E-state index contributed by atoms with van der Waals surface area (Å²) in [6.07, 6.45) is 7.72. The van der Waals surface area contributed by atoms with E-state index in [0.717, 1.165) is 62.5 Å². The van der Waals surface area contributed by atoms with E-state index < -0.39 is 8.32 Å². The summed E-state index contributed by atoms with van der Waals surface area (Å²) in [5.74, 6) is -0.630. The van der Waals surface area contributed by atoms with Crippen molar-refractivity contribution in [3.8, 4) is 22.3 Å². The first-order valence-corrected chi connectivity index (χ1v) is 32.9. The van der Waals surface area contributed by atoms with Gasteiger partial charge < -0.3 is 19.0 Å². The van der Waals surface area contributed by atoms with Gasteiger partial charge in [-0.05, 0) is 210 Å². The quantitative estimate of drug-likeness (QED) is 0.0606. The average Bonchev–Trinajstić information content (AvgIpc) is 3.57. The highest BCUT2D eigenvalue weighted by molar-refractivity contribution is 6.74. The van der Waals surface area contributed by atoms with Gasteiger partial charge in [-0.3, -0.25) is 0 Å². The number of benzene rings is 6. The molecule has 2 unspecified atom stereocenters. The summed E-state index contributed by atoms with van der Waals surface area (Å²) in [5, 5.41) is 10.7. The minimum Gasteiger partial charge on any atom is -0.465 e. The van der Waals surface area contributed by atoms with Crippen LogP contribution in [-0.4, -0.2) is 51.8 Å². The molecule has 0 heterocycles. The Balaban J connectivity index is 0.000000302. The molecule has 2 atom stereocenters. The molecule has 0 radical (unpaired) electrons. The van der Waals surface area contributed by atoms with Crippen LogP contribution in [0.15, 0.2) is 121 Å². The number of hydrogen-bond donors (Lipinski definition) is 1. The molecule has 0 aliphatic carbocycles. The largest absolute Gasteiger partial charge is 0.465 e. The Kier molecular flexibility index (Phi) is 22.2. The van der Waals surface area contributed by atoms with E-state index >= 15 is 0 Å². The predicted molar refractivity (Wildman–Crippen MR) is 345 cm³/mol. The van der Waals surface area contributed by atoms with Crippen molar-refractivity contribution in [3.63, 3.8) is 0 Å². The summed E-state index contributed by atoms with van der Waals surface area (Å²) in [7, 11) is 0.946. The van der Waals surface area contributed by atoms with Gasteiger partial charge in [-0.25, -0.2) is 9.59 Å². The minimum absolute atomic E-state index is 0.0549. The lowest BCUT2D eigenvalue weighted by atomic mass is 9.69. The Morgan fingerprint density at radius 3 is 1.09 bits per heavy atom. The summed E-state index contributed by atoms with van der Waals surface area (Å²) in [5.41, 5.74) is 18.9. The van der Waals surface area contributed by atoms with Crippen LogP contribution in [0.25, 0.3) is 22.3 Å². The van der Waals surface area contributed by atoms with E-state index in [9.17, 15) is 14.7 Å². The van der Waals surface area contributed by atoms with Crippen LogP contribution in [0.1, 0.15) is 205 Å². The monoisotopic (exact) mass is 1110 g/mol. The topological polar surface area (TPSA) is 82.1 Å². The Bertz CT molecular complexity index is 3040. The third kappa shape index (κ3) is 15.5. The van der Waals surface area contributed by atoms with Crippen LogP contribution in [0.3, 0.4) is 0 Å². The van der Waals surface area contributed by atoms with E-state index in [4.69, 9.17) is 13.9 Å². The smallest absolute Gasteiger partial charge is 0.337 e. The molecule has 0 bridgehead atoms. The third-order valence-corrected chi connectivity index (χ3v) is 23.1. The fourth-order valence-electron chi connectivity index (χ4n) is 11.6. The van der Waals surface area contributed by atoms with Crippen LogP contribution in [0.5, 0.6) is 0 Å². The van der Waals surface area contributed by atoms with Gasteiger partial charge in [0.25, 0.3) is 0 Å². The highest BCUT2D eigenvalue weighted by atomic mass is 28.4. The molecule has 81 heavy (non-hydrogen) atoms. The van der Waals surface area contributed by atoms with Gasteiger partial charge in [0.2, 0.25) is 0 Å². The van der Waals surface area contributed by atoms with Crippen LogP contribution in [0.4, 0.5) is 0 Å². The summed E-state index contributed by atoms with van der Waals surface area (Å²) in [6, 6.07) is 43.2. The van der Waals surface area contributed by atoms with Crippen molar-refractivity contribution in [2.24, 2.45) is 10.8 Å². The normalized spacial score (nSPS) is 13.3. The SMILES string of the molecule is CCC(CC)(c1ccc(CCC(O)C(C)(C)C)c(C)c1)c1ccc(-c2ccc(C(=O)OC)cc2)c(C)c1.CCC(CC)(c1ccc(CCC(O[Si](C)(C)C(C)(C)C)C(C)(C)C)c(C)c1)c1ccc(-c2ccc(C(=O)OC)cc2)c(C)c1. The van der Waals surface area contributed by atoms with E-state index in [0.29, 0.717) is 11.1 Å². The number of esters is 2. The zero-order valence-corrected chi connectivity index (χ0v) is 54.8. The average molecular weight is 1120 g/mol. The van der Waals surface area contributed by atoms with Gasteiger partial charge in [0.15, 0.2) is 8.32 Å². The number of methoxy groups -OCH3 is 2. The standard InChI is InChI=1S/C40H58O3Si.C34H44O3/c1-14-40(15-2,34-23-24-35(29(4)27-34)31-16-18-32(19-17-31)37(41)42-11)33-22-20-30(28(3)26-33)21-25-36(38(5,6)7)43-44(12,13)39(8,9)10;1-9-34(10-2,28-17-15-25(23(3)21-28)16-20-31(35)33(5,6)7)29-18-19-30(24(4)22-29)26-11-13-27(14-12-26)32(36)37-8/h16-20,22-24,26-27,36H,14-15,21,25H2,1-13H3;11-15,17-19,21-22,31,35H,9-10,16,20H2,1-8H3. The lowest BCUT2D eigenvalue weighted by molar-refractivity contribution is 0.0559. The van der Waals surface area contributed by atoms with Crippen LogP contribution in [-0.2, 0) is 37.6 Å². The molecule has 0 aliphatic rings. The van der Waals surface area contributed by atoms with Gasteiger partial charge in [-0.1, -0.05) is 187 Å². The van der Waals surface area contributed by atoms with E-state index in [1.54, 1.807) is 0 Å². The first-order valence-electron chi connectivity index (χ1n) is 30.0. The van der Waals surface area contributed by atoms with Crippen molar-refractivity contribution in [2.75, 3.05) is 14.2 Å². The first-order chi connectivity index (χ1) is 37.9. The van der Waals surface area contributed by atoms with Crippen molar-refractivity contribution < 1.29 is 28.6 Å². The number of hydrogen-bond acceptors (Lipinski definition) is 6. The van der Waals surface area contributed by atoms with E-state index in [-0.39, 0.29) is 50.8 Å². The lowest BCUT2D eigenvalue weighted by Crippen LogP contribution is -2.47. The molecule has 1 N–H and O–H groups in total. The van der Waals surface area contributed by atoms with Crippen LogP contribution >= 0.6 is 0 Å². The molecule has 6 nitrogen and oxygen atoms in total. The number of carbonyl (C=O) groups excluding carboxylic acids is 2. The molecule has 0 amide bonds. The van der Waals surface area contributed by atoms with Crippen LogP contribution < -0.4 is 0 Å². The number of aliphatic hydroxyl groups is 1. The predicted octanol–water partition coefficient (Wildman–Crippen LogP) is 19.4. The van der Waals surface area contributed by atoms with Gasteiger partial charge in [0.05, 0.1) is 37.6 Å². The number of carbonyl (C=O) groups is 2. The molecule has 438 valence electrons. The zero-order chi connectivity index (χ0) is 60.5. The molecule has 0 fully saturated rings. The first kappa shape index (κ1) is 66.2. The number of ether oxygens (including phenoxy) is 2. The van der Waals surface area contributed by atoms with Gasteiger partial charge in [-0.15, -0.1) is 0 Å². The van der Waals surface area contributed by atoms with Gasteiger partial charge >= 0.3 is 11.9 Å². The van der Waals surface area contributed by atoms with E-state index in [1.807, 2.05) is 48.5 Å². The highest BCUT2D eigenvalue weighted by Gasteiger charge is 2.42. The van der Waals surface area contributed by atoms with Crippen LogP contribution in [0, 0.1) is 38.5 Å². The maximum Gasteiger partial charge on any atom is 0.337 e. The molecular weight excluding hydrogens is 1010 g/mol. The second kappa shape index (κ2) is 27.2. The molecule has 0 saturated heterocycles. The van der Waals surface area contributed by atoms with Crippen molar-refractivity contribution in [3.05, 3.63) is 188 Å². The number of aryl methyl sites for hydroxylation is 6. The maximum atomic E-state index is 11.9. The Labute approximate surface area is 492 Å². The second-order valence-corrected chi connectivity index (χ2v) is 31.5. The van der Waals surface area contributed by atoms with Gasteiger partial charge in [-0.2, -0.15) is 0 Å². The summed E-state index contributed by atoms with van der Waals surface area (Å²) in [4.78, 5) is 23.7. The summed E-state index contributed by atoms with van der Waals surface area (Å²) in [6.45, 7) is 43.0. The fourth-order valence-corrected chi connectivity index (χ4v) is 13.1. The highest BCUT2D eigenvalue weighted by Crippen LogP contribution is 2.45. The second-order valence-electron chi connectivity index (χ2n) is 26.8. The molecule has 0 saturated carbocycles. The molecular formula is C74H102O6Si. The van der Waals surface area contributed by atoms with E-state index in [2.05, 4.69) is 204 Å². The van der Waals surface area contributed by atoms with Crippen molar-refractivity contribution >= 4 is 20.3 Å². The van der Waals surface area contributed by atoms with Gasteiger partial charge in [0, 0.05) is 10.8 Å². The van der Waals surface area contributed by atoms with Crippen molar-refractivity contribution in [1.29, 1.82) is 0 Å². The Hall–Kier alpha value is -5.60. The molecule has 6 aromatic carbocycles. The fraction of sp³-hybridized carbons (Fsp3) is 0.486. The minimum atomic E-state index is -1.87. The molecule has 0 spiro atoms. The van der Waals surface area contributed by atoms with Crippen LogP contribution in [0.2, 0.25) is 18.1 Å². The molecule has 0 aliphatic heterocycles. The number of rotatable bonds is 20. The van der Waals surface area contributed by atoms with Gasteiger partial charge in [0.1, 0.15) is 0 Å². The lowest BCUT2D eigenvalue weighted by Gasteiger charge is -2.43. The Morgan fingerprint density at radius 1 is 0.469 bits per heavy atom. The summed E-state index contributed by atoms with van der Waals surface area (Å²) < 4.78 is 16.7. The number of aliphatic hydroxyl groups excluding tert-OH is 1. The zero-order valence-electron chi connectivity index (χ0n) is 53.8.